The first-order valence-corrected chi connectivity index (χ1v) is 6.14. The zero-order valence-corrected chi connectivity index (χ0v) is 11.9. The van der Waals surface area contributed by atoms with E-state index in [2.05, 4.69) is 0 Å². The molecular weight excluding hydrogens is 244 g/mol. The van der Waals surface area contributed by atoms with Gasteiger partial charge in [-0.25, -0.2) is 4.79 Å². The molecule has 0 heterocycles. The first-order valence-electron chi connectivity index (χ1n) is 6.14. The van der Waals surface area contributed by atoms with E-state index in [-0.39, 0.29) is 12.7 Å². The number of nitrogens with two attached hydrogens (primary N) is 1. The van der Waals surface area contributed by atoms with Gasteiger partial charge in [0.15, 0.2) is 0 Å². The molecule has 1 aromatic carbocycles. The Labute approximate surface area is 114 Å². The molecule has 0 aliphatic carbocycles. The molecule has 0 fully saturated rings. The smallest absolute Gasteiger partial charge is 0.410 e. The van der Waals surface area contributed by atoms with E-state index in [0.29, 0.717) is 12.2 Å². The van der Waals surface area contributed by atoms with Crippen LogP contribution in [0.4, 0.5) is 10.5 Å². The quantitative estimate of drug-likeness (QED) is 0.822. The second kappa shape index (κ2) is 5.93. The van der Waals surface area contributed by atoms with E-state index >= 15 is 0 Å². The molecule has 0 bridgehead atoms. The minimum absolute atomic E-state index is 0.0752. The minimum atomic E-state index is -0.517. The van der Waals surface area contributed by atoms with Gasteiger partial charge in [0.05, 0.1) is 6.61 Å². The number of benzene rings is 1. The van der Waals surface area contributed by atoms with Gasteiger partial charge in [-0.1, -0.05) is 6.07 Å². The standard InChI is InChI=1S/C14H22N2O3/c1-14(2,3)19-13(18)16(4)8-10-5-11(9-17)7-12(15)6-10/h5-7,17H,8-9,15H2,1-4H3. The lowest BCUT2D eigenvalue weighted by molar-refractivity contribution is 0.0285. The van der Waals surface area contributed by atoms with E-state index in [1.807, 2.05) is 26.8 Å². The fraction of sp³-hybridized carbons (Fsp3) is 0.500. The lowest BCUT2D eigenvalue weighted by Gasteiger charge is -2.24. The predicted octanol–water partition coefficient (Wildman–Crippen LogP) is 2.13. The molecule has 5 nitrogen and oxygen atoms in total. The van der Waals surface area contributed by atoms with Gasteiger partial charge in [0, 0.05) is 19.3 Å². The molecular formula is C14H22N2O3. The maximum atomic E-state index is 11.8. The summed E-state index contributed by atoms with van der Waals surface area (Å²) in [5.41, 5.74) is 7.38. The Morgan fingerprint density at radius 1 is 1.32 bits per heavy atom. The molecule has 0 aromatic heterocycles. The number of nitrogen functional groups attached to an aromatic ring is 1. The minimum Gasteiger partial charge on any atom is -0.444 e. The number of hydrogen-bond donors (Lipinski definition) is 2. The summed E-state index contributed by atoms with van der Waals surface area (Å²) >= 11 is 0. The number of rotatable bonds is 3. The third-order valence-corrected chi connectivity index (χ3v) is 2.38. The Kier molecular flexibility index (Phi) is 4.78. The number of carbonyl (C=O) groups is 1. The number of aliphatic hydroxyl groups excluding tert-OH is 1. The van der Waals surface area contributed by atoms with Crippen molar-refractivity contribution in [2.24, 2.45) is 0 Å². The van der Waals surface area contributed by atoms with E-state index in [9.17, 15) is 4.79 Å². The van der Waals surface area contributed by atoms with E-state index < -0.39 is 5.60 Å². The molecule has 1 aromatic rings. The number of hydrogen-bond acceptors (Lipinski definition) is 4. The molecule has 0 saturated heterocycles. The molecule has 5 heteroatoms. The zero-order chi connectivity index (χ0) is 14.6. The van der Waals surface area contributed by atoms with Crippen LogP contribution in [0.2, 0.25) is 0 Å². The van der Waals surface area contributed by atoms with Crippen molar-refractivity contribution in [1.29, 1.82) is 0 Å². The monoisotopic (exact) mass is 266 g/mol. The number of nitrogens with zero attached hydrogens (tertiary/aromatic N) is 1. The summed E-state index contributed by atoms with van der Waals surface area (Å²) in [6.07, 6.45) is -0.388. The van der Waals surface area contributed by atoms with Gasteiger partial charge in [0.2, 0.25) is 0 Å². The van der Waals surface area contributed by atoms with Crippen LogP contribution in [-0.2, 0) is 17.9 Å². The van der Waals surface area contributed by atoms with Gasteiger partial charge >= 0.3 is 6.09 Å². The van der Waals surface area contributed by atoms with Crippen molar-refractivity contribution in [3.8, 4) is 0 Å². The molecule has 1 amide bonds. The van der Waals surface area contributed by atoms with Gasteiger partial charge < -0.3 is 20.5 Å². The molecule has 0 saturated carbocycles. The number of ether oxygens (including phenoxy) is 1. The average Bonchev–Trinajstić information content (AvgIpc) is 2.25. The highest BCUT2D eigenvalue weighted by Gasteiger charge is 2.19. The second-order valence-electron chi connectivity index (χ2n) is 5.58. The summed E-state index contributed by atoms with van der Waals surface area (Å²) < 4.78 is 5.26. The summed E-state index contributed by atoms with van der Waals surface area (Å²) in [6, 6.07) is 5.30. The molecule has 19 heavy (non-hydrogen) atoms. The van der Waals surface area contributed by atoms with Crippen LogP contribution in [0.5, 0.6) is 0 Å². The number of carbonyl (C=O) groups excluding carboxylic acids is 1. The largest absolute Gasteiger partial charge is 0.444 e. The lowest BCUT2D eigenvalue weighted by Crippen LogP contribution is -2.33. The van der Waals surface area contributed by atoms with E-state index in [4.69, 9.17) is 15.6 Å². The Balaban J connectivity index is 2.74. The molecule has 0 unspecified atom stereocenters. The van der Waals surface area contributed by atoms with Crippen molar-refractivity contribution in [3.63, 3.8) is 0 Å². The fourth-order valence-corrected chi connectivity index (χ4v) is 1.65. The Morgan fingerprint density at radius 2 is 1.89 bits per heavy atom. The van der Waals surface area contributed by atoms with Crippen LogP contribution in [0.25, 0.3) is 0 Å². The van der Waals surface area contributed by atoms with Gasteiger partial charge in [0.1, 0.15) is 5.60 Å². The topological polar surface area (TPSA) is 75.8 Å². The molecule has 106 valence electrons. The summed E-state index contributed by atoms with van der Waals surface area (Å²) in [5, 5.41) is 9.12. The lowest BCUT2D eigenvalue weighted by atomic mass is 10.1. The van der Waals surface area contributed by atoms with Crippen molar-refractivity contribution in [3.05, 3.63) is 29.3 Å². The highest BCUT2D eigenvalue weighted by Crippen LogP contribution is 2.15. The Hall–Kier alpha value is -1.75. The van der Waals surface area contributed by atoms with Crippen LogP contribution >= 0.6 is 0 Å². The van der Waals surface area contributed by atoms with Crippen LogP contribution in [-0.4, -0.2) is 28.7 Å². The molecule has 0 aliphatic heterocycles. The summed E-state index contributed by atoms with van der Waals surface area (Å²) in [4.78, 5) is 13.3. The van der Waals surface area contributed by atoms with E-state index in [1.54, 1.807) is 19.2 Å². The van der Waals surface area contributed by atoms with Crippen molar-refractivity contribution in [1.82, 2.24) is 4.90 Å². The molecule has 0 spiro atoms. The van der Waals surface area contributed by atoms with Crippen LogP contribution in [0.1, 0.15) is 31.9 Å². The van der Waals surface area contributed by atoms with Crippen molar-refractivity contribution < 1.29 is 14.6 Å². The third kappa shape index (κ3) is 5.18. The first-order chi connectivity index (χ1) is 8.71. The number of aliphatic hydroxyl groups is 1. The summed E-state index contributed by atoms with van der Waals surface area (Å²) in [5.74, 6) is 0. The molecule has 0 aliphatic rings. The summed E-state index contributed by atoms with van der Waals surface area (Å²) in [6.45, 7) is 5.77. The zero-order valence-electron chi connectivity index (χ0n) is 11.9. The van der Waals surface area contributed by atoms with Gasteiger partial charge in [-0.3, -0.25) is 0 Å². The maximum Gasteiger partial charge on any atom is 0.410 e. The van der Waals surface area contributed by atoms with Crippen molar-refractivity contribution in [2.45, 2.75) is 39.5 Å². The van der Waals surface area contributed by atoms with Crippen LogP contribution < -0.4 is 5.73 Å². The van der Waals surface area contributed by atoms with Crippen molar-refractivity contribution >= 4 is 11.8 Å². The number of anilines is 1. The molecule has 0 atom stereocenters. The first kappa shape index (κ1) is 15.3. The van der Waals surface area contributed by atoms with E-state index in [1.165, 1.54) is 4.90 Å². The van der Waals surface area contributed by atoms with E-state index in [0.717, 1.165) is 11.1 Å². The molecule has 1 rings (SSSR count). The molecule has 0 radical (unpaired) electrons. The van der Waals surface area contributed by atoms with Crippen molar-refractivity contribution in [2.75, 3.05) is 12.8 Å². The van der Waals surface area contributed by atoms with Crippen LogP contribution in [0.3, 0.4) is 0 Å². The summed E-state index contributed by atoms with van der Waals surface area (Å²) in [7, 11) is 1.66. The Morgan fingerprint density at radius 3 is 2.42 bits per heavy atom. The average molecular weight is 266 g/mol. The fourth-order valence-electron chi connectivity index (χ4n) is 1.65. The van der Waals surface area contributed by atoms with Crippen LogP contribution in [0, 0.1) is 0 Å². The highest BCUT2D eigenvalue weighted by molar-refractivity contribution is 5.67. The van der Waals surface area contributed by atoms with Gasteiger partial charge in [-0.2, -0.15) is 0 Å². The highest BCUT2D eigenvalue weighted by atomic mass is 16.6. The normalized spacial score (nSPS) is 11.2. The maximum absolute atomic E-state index is 11.8. The van der Waals surface area contributed by atoms with Gasteiger partial charge in [-0.05, 0) is 44.0 Å². The Bertz CT molecular complexity index is 452. The van der Waals surface area contributed by atoms with Crippen LogP contribution in [0.15, 0.2) is 18.2 Å². The molecule has 3 N–H and O–H groups in total. The number of amides is 1. The van der Waals surface area contributed by atoms with Gasteiger partial charge in [-0.15, -0.1) is 0 Å². The predicted molar refractivity (Wildman–Crippen MR) is 74.5 cm³/mol. The SMILES string of the molecule is CN(Cc1cc(N)cc(CO)c1)C(=O)OC(C)(C)C. The second-order valence-corrected chi connectivity index (χ2v) is 5.58. The third-order valence-electron chi connectivity index (χ3n) is 2.38. The van der Waals surface area contributed by atoms with Gasteiger partial charge in [0.25, 0.3) is 0 Å².